The van der Waals surface area contributed by atoms with Gasteiger partial charge in [-0.15, -0.1) is 20.2 Å². The average Bonchev–Trinajstić information content (AvgIpc) is 1.87. The molecule has 4 N–H and O–H groups in total. The molecule has 0 aliphatic rings. The molecule has 22 heteroatoms. The monoisotopic (exact) mass is 577 g/mol. The summed E-state index contributed by atoms with van der Waals surface area (Å²) in [6.45, 7) is 0. The van der Waals surface area contributed by atoms with Gasteiger partial charge in [-0.05, 0) is 0 Å². The molecule has 0 fully saturated rings. The number of rotatable bonds is 4. The van der Waals surface area contributed by atoms with E-state index in [0.29, 0.717) is 0 Å². The van der Waals surface area contributed by atoms with E-state index < -0.39 is 36.2 Å². The molecule has 0 rings (SSSR count). The predicted molar refractivity (Wildman–Crippen MR) is 49.2 cm³/mol. The van der Waals surface area contributed by atoms with Gasteiger partial charge in [-0.3, -0.25) is 9.13 Å². The number of hydrogen-bond acceptors (Lipinski definition) is 12. The van der Waals surface area contributed by atoms with Crippen LogP contribution in [0.3, 0.4) is 0 Å². The van der Waals surface area contributed by atoms with Crippen molar-refractivity contribution in [1.82, 2.24) is 0 Å². The van der Waals surface area contributed by atoms with Crippen molar-refractivity contribution in [2.24, 2.45) is 0 Å². The zero-order chi connectivity index (χ0) is 18.1. The molecule has 0 saturated carbocycles. The molecule has 0 aliphatic carbocycles. The maximum atomic E-state index is 9.92. The molecule has 0 bridgehead atoms. The minimum atomic E-state index is -5.18. The van der Waals surface area contributed by atoms with Crippen LogP contribution in [0.25, 0.3) is 0 Å². The first-order valence-electron chi connectivity index (χ1n) is 3.29. The smallest absolute Gasteiger partial charge is 0.756 e. The fraction of sp³-hybridized carbons (Fsp3) is 0. The molecule has 0 aromatic rings. The van der Waals surface area contributed by atoms with Crippen LogP contribution in [-0.4, -0.2) is 38.2 Å². The molecule has 0 amide bonds. The van der Waals surface area contributed by atoms with Crippen LogP contribution < -0.4 is 9.79 Å². The minimum Gasteiger partial charge on any atom is -0.756 e. The molecule has 0 heterocycles. The third-order valence-corrected chi connectivity index (χ3v) is 0.913. The van der Waals surface area contributed by atoms with E-state index in [-0.39, 0.29) is 21.1 Å². The van der Waals surface area contributed by atoms with Crippen LogP contribution in [0.1, 0.15) is 0 Å². The second-order valence-electron chi connectivity index (χ2n) is 1.99. The van der Waals surface area contributed by atoms with Crippen molar-refractivity contribution < 1.29 is 86.7 Å². The number of nitrogens with zero attached hydrogens (tertiary/aromatic N) is 2. The van der Waals surface area contributed by atoms with Crippen molar-refractivity contribution in [3.05, 3.63) is 20.2 Å². The van der Waals surface area contributed by atoms with Gasteiger partial charge in [0, 0.05) is 0 Å². The van der Waals surface area contributed by atoms with Crippen molar-refractivity contribution >= 4 is 26.0 Å². The summed E-state index contributed by atoms with van der Waals surface area (Å²) in [6, 6.07) is 0. The summed E-state index contributed by atoms with van der Waals surface area (Å²) in [5.41, 5.74) is 0. The first-order valence-corrected chi connectivity index (χ1v) is 7.69. The van der Waals surface area contributed by atoms with Gasteiger partial charge in [0.2, 0.25) is 0 Å². The summed E-state index contributed by atoms with van der Waals surface area (Å²) in [7, 11) is -15.0. The second-order valence-corrected chi connectivity index (χ2v) is 5.06. The van der Waals surface area contributed by atoms with E-state index in [4.69, 9.17) is 38.5 Å². The molecule has 0 atom stereocenters. The summed E-state index contributed by atoms with van der Waals surface area (Å²) < 4.78 is 42.9. The quantitative estimate of drug-likeness (QED) is 0.139. The van der Waals surface area contributed by atoms with E-state index in [1.54, 1.807) is 0 Å². The van der Waals surface area contributed by atoms with E-state index in [1.165, 1.54) is 0 Å². The normalized spacial score (nSPS) is 10.5. The van der Waals surface area contributed by atoms with Crippen LogP contribution in [0.15, 0.2) is 0 Å². The molecular formula is H4N2O16P2PtS. The molecular weight excluding hydrogens is 573 g/mol. The van der Waals surface area contributed by atoms with Gasteiger partial charge in [0.05, 0.1) is 0 Å². The molecule has 0 saturated heterocycles. The topological polar surface area (TPSA) is 300 Å². The van der Waals surface area contributed by atoms with Crippen molar-refractivity contribution in [3.8, 4) is 0 Å². The zero-order valence-electron chi connectivity index (χ0n) is 9.20. The Morgan fingerprint density at radius 1 is 0.818 bits per heavy atom. The van der Waals surface area contributed by atoms with Gasteiger partial charge in [-0.25, -0.2) is 0 Å². The van der Waals surface area contributed by atoms with Gasteiger partial charge in [0.1, 0.15) is 0 Å². The fourth-order valence-electron chi connectivity index (χ4n) is 0.163. The SMILES string of the molecule is O=P([O-])(O)O.O=P([O-])(O)O.O=[N+]([O-])OS(=O)(=O)O[N+](=O)[O-].[Pt+2]. The van der Waals surface area contributed by atoms with Gasteiger partial charge >= 0.3 is 41.6 Å². The Morgan fingerprint density at radius 3 is 1.05 bits per heavy atom. The fourth-order valence-corrected chi connectivity index (χ4v) is 0.488. The summed E-state index contributed by atoms with van der Waals surface area (Å²) >= 11 is 0. The van der Waals surface area contributed by atoms with Crippen LogP contribution in [0.2, 0.25) is 0 Å². The Morgan fingerprint density at radius 2 is 0.955 bits per heavy atom. The third-order valence-electron chi connectivity index (χ3n) is 0.304. The average molecular weight is 577 g/mol. The van der Waals surface area contributed by atoms with Gasteiger partial charge in [-0.2, -0.15) is 17.0 Å². The van der Waals surface area contributed by atoms with Crippen LogP contribution in [0, 0.1) is 20.2 Å². The van der Waals surface area contributed by atoms with Crippen LogP contribution in [-0.2, 0) is 49.2 Å². The Kier molecular flexibility index (Phi) is 15.7. The Labute approximate surface area is 133 Å². The molecule has 0 aromatic heterocycles. The summed E-state index contributed by atoms with van der Waals surface area (Å²) in [5, 5.41) is 15.1. The van der Waals surface area contributed by atoms with E-state index in [9.17, 15) is 28.6 Å². The van der Waals surface area contributed by atoms with Crippen LogP contribution in [0.5, 0.6) is 0 Å². The number of phosphoric acid groups is 2. The molecule has 0 unspecified atom stereocenters. The Balaban J connectivity index is -0.000000124. The van der Waals surface area contributed by atoms with Crippen molar-refractivity contribution in [2.75, 3.05) is 0 Å². The van der Waals surface area contributed by atoms with E-state index in [2.05, 4.69) is 8.57 Å². The molecule has 22 heavy (non-hydrogen) atoms. The van der Waals surface area contributed by atoms with Crippen molar-refractivity contribution in [3.63, 3.8) is 0 Å². The summed E-state index contributed by atoms with van der Waals surface area (Å²) in [6.07, 6.45) is 0. The molecule has 136 valence electrons. The maximum absolute atomic E-state index is 9.92. The van der Waals surface area contributed by atoms with E-state index in [1.807, 2.05) is 0 Å². The Hall–Kier alpha value is -0.742. The van der Waals surface area contributed by atoms with Crippen LogP contribution >= 0.6 is 15.6 Å². The predicted octanol–water partition coefficient (Wildman–Crippen LogP) is -4.48. The van der Waals surface area contributed by atoms with Crippen molar-refractivity contribution in [2.45, 2.75) is 0 Å². The molecule has 0 radical (unpaired) electrons. The van der Waals surface area contributed by atoms with Crippen molar-refractivity contribution in [1.29, 1.82) is 0 Å². The molecule has 0 aromatic carbocycles. The van der Waals surface area contributed by atoms with E-state index in [0.717, 1.165) is 0 Å². The number of hydrogen-bond donors (Lipinski definition) is 4. The molecule has 18 nitrogen and oxygen atoms in total. The van der Waals surface area contributed by atoms with Crippen LogP contribution in [0.4, 0.5) is 0 Å². The maximum Gasteiger partial charge on any atom is 2.00 e. The summed E-state index contributed by atoms with van der Waals surface area (Å²) in [5.74, 6) is 0. The summed E-state index contributed by atoms with van der Waals surface area (Å²) in [4.78, 5) is 64.4. The largest absolute Gasteiger partial charge is 2.00 e. The van der Waals surface area contributed by atoms with Gasteiger partial charge < -0.3 is 29.4 Å². The molecule has 0 spiro atoms. The van der Waals surface area contributed by atoms with Gasteiger partial charge in [-0.1, -0.05) is 0 Å². The third kappa shape index (κ3) is 74.9. The second kappa shape index (κ2) is 11.8. The molecule has 0 aliphatic heterocycles. The van der Waals surface area contributed by atoms with Gasteiger partial charge in [0.15, 0.2) is 0 Å². The van der Waals surface area contributed by atoms with Gasteiger partial charge in [0.25, 0.3) is 15.6 Å². The first kappa shape index (κ1) is 29.3. The zero-order valence-corrected chi connectivity index (χ0v) is 14.1. The standard InChI is InChI=1S/N2O8S.2H3O4P.Pt/c3-1(4)9-11(7,8)10-2(5)6;2*1-5(2,3)4;/h;2*(H3,1,2,3,4);/q;;;+2/p-2. The minimum absolute atomic E-state index is 0. The van der Waals surface area contributed by atoms with E-state index >= 15 is 0 Å². The Bertz CT molecular complexity index is 464. The first-order chi connectivity index (χ1) is 8.83.